The van der Waals surface area contributed by atoms with Crippen molar-refractivity contribution in [3.05, 3.63) is 78.4 Å². The quantitative estimate of drug-likeness (QED) is 0.471. The van der Waals surface area contributed by atoms with Gasteiger partial charge in [-0.05, 0) is 53.4 Å². The lowest BCUT2D eigenvalue weighted by molar-refractivity contribution is -0.140. The Morgan fingerprint density at radius 2 is 1.50 bits per heavy atom. The van der Waals surface area contributed by atoms with Gasteiger partial charge < -0.3 is 14.9 Å². The predicted molar refractivity (Wildman–Crippen MR) is 116 cm³/mol. The number of carbonyl (C=O) groups is 2. The third kappa shape index (κ3) is 5.42. The fourth-order valence-electron chi connectivity index (χ4n) is 3.17. The predicted octanol–water partition coefficient (Wildman–Crippen LogP) is 5.55. The summed E-state index contributed by atoms with van der Waals surface area (Å²) in [7, 11) is 1.63. The maximum Gasteiger partial charge on any atom is 0.311 e. The number of aliphatic carboxylic acids is 2. The zero-order valence-electron chi connectivity index (χ0n) is 16.4. The molecule has 5 nitrogen and oxygen atoms in total. The minimum atomic E-state index is -1.01. The molecule has 0 aliphatic heterocycles. The van der Waals surface area contributed by atoms with E-state index in [2.05, 4.69) is 0 Å². The highest BCUT2D eigenvalue weighted by atomic mass is 32.2. The summed E-state index contributed by atoms with van der Waals surface area (Å²) in [5.74, 6) is -2.07. The van der Waals surface area contributed by atoms with E-state index < -0.39 is 17.9 Å². The molecule has 0 saturated heterocycles. The van der Waals surface area contributed by atoms with Crippen molar-refractivity contribution >= 4 is 23.7 Å². The van der Waals surface area contributed by atoms with E-state index in [0.29, 0.717) is 5.56 Å². The first kappa shape index (κ1) is 21.5. The highest BCUT2D eigenvalue weighted by Crippen LogP contribution is 2.36. The topological polar surface area (TPSA) is 83.8 Å². The van der Waals surface area contributed by atoms with Crippen LogP contribution in [-0.4, -0.2) is 29.3 Å². The Morgan fingerprint density at radius 3 is 2.07 bits per heavy atom. The molecule has 0 aromatic heterocycles. The summed E-state index contributed by atoms with van der Waals surface area (Å²) in [6.45, 7) is 0. The van der Waals surface area contributed by atoms with Crippen LogP contribution in [0.4, 0.5) is 0 Å². The molecule has 0 aliphatic rings. The molecular weight excluding hydrogens is 400 g/mol. The summed E-state index contributed by atoms with van der Waals surface area (Å²) < 4.78 is 5.19. The SMILES string of the molecule is COc1ccc(-c2ccc(Sc3ccccc3[C@H](CCC(=O)O)C(=O)O)cc2)cc1. The van der Waals surface area contributed by atoms with E-state index in [0.717, 1.165) is 26.7 Å². The molecule has 0 saturated carbocycles. The molecule has 0 aliphatic carbocycles. The van der Waals surface area contributed by atoms with Gasteiger partial charge in [0.05, 0.1) is 13.0 Å². The molecule has 0 radical (unpaired) electrons. The van der Waals surface area contributed by atoms with Crippen LogP contribution in [0.1, 0.15) is 24.3 Å². The first-order valence-electron chi connectivity index (χ1n) is 9.44. The molecule has 6 heteroatoms. The van der Waals surface area contributed by atoms with Gasteiger partial charge in [-0.3, -0.25) is 9.59 Å². The van der Waals surface area contributed by atoms with Crippen LogP contribution in [0.15, 0.2) is 82.6 Å². The van der Waals surface area contributed by atoms with Crippen molar-refractivity contribution in [1.82, 2.24) is 0 Å². The molecule has 0 amide bonds. The van der Waals surface area contributed by atoms with E-state index in [-0.39, 0.29) is 12.8 Å². The largest absolute Gasteiger partial charge is 0.497 e. The molecule has 1 atom stereocenters. The summed E-state index contributed by atoms with van der Waals surface area (Å²) >= 11 is 1.47. The van der Waals surface area contributed by atoms with Crippen LogP contribution in [0.3, 0.4) is 0 Å². The average Bonchev–Trinajstić information content (AvgIpc) is 2.75. The number of hydrogen-bond acceptors (Lipinski definition) is 4. The normalized spacial score (nSPS) is 11.6. The van der Waals surface area contributed by atoms with E-state index in [1.807, 2.05) is 60.7 Å². The Bertz CT molecular complexity index is 1010. The highest BCUT2D eigenvalue weighted by Gasteiger charge is 2.23. The van der Waals surface area contributed by atoms with Gasteiger partial charge in [0.25, 0.3) is 0 Å². The third-order valence-corrected chi connectivity index (χ3v) is 5.84. The molecule has 0 heterocycles. The van der Waals surface area contributed by atoms with Gasteiger partial charge in [-0.15, -0.1) is 0 Å². The van der Waals surface area contributed by atoms with Crippen molar-refractivity contribution < 1.29 is 24.5 Å². The van der Waals surface area contributed by atoms with Crippen LogP contribution in [0.5, 0.6) is 5.75 Å². The number of methoxy groups -OCH3 is 1. The maximum atomic E-state index is 11.8. The van der Waals surface area contributed by atoms with Crippen molar-refractivity contribution in [1.29, 1.82) is 0 Å². The second-order valence-corrected chi connectivity index (χ2v) is 7.83. The highest BCUT2D eigenvalue weighted by molar-refractivity contribution is 7.99. The fourth-order valence-corrected chi connectivity index (χ4v) is 4.17. The molecule has 3 aromatic carbocycles. The van der Waals surface area contributed by atoms with E-state index in [1.165, 1.54) is 11.8 Å². The van der Waals surface area contributed by atoms with Gasteiger partial charge in [0.1, 0.15) is 5.75 Å². The smallest absolute Gasteiger partial charge is 0.311 e. The molecule has 30 heavy (non-hydrogen) atoms. The molecule has 154 valence electrons. The van der Waals surface area contributed by atoms with E-state index >= 15 is 0 Å². The molecule has 0 fully saturated rings. The van der Waals surface area contributed by atoms with Crippen LogP contribution in [0, 0.1) is 0 Å². The molecule has 0 unspecified atom stereocenters. The summed E-state index contributed by atoms with van der Waals surface area (Å²) in [5, 5.41) is 18.6. The first-order chi connectivity index (χ1) is 14.5. The Kier molecular flexibility index (Phi) is 7.14. The van der Waals surface area contributed by atoms with Crippen LogP contribution in [-0.2, 0) is 9.59 Å². The van der Waals surface area contributed by atoms with Crippen LogP contribution < -0.4 is 4.74 Å². The van der Waals surface area contributed by atoms with E-state index in [1.54, 1.807) is 19.2 Å². The first-order valence-corrected chi connectivity index (χ1v) is 10.3. The molecule has 3 aromatic rings. The van der Waals surface area contributed by atoms with Gasteiger partial charge in [-0.1, -0.05) is 54.2 Å². The van der Waals surface area contributed by atoms with Crippen molar-refractivity contribution in [2.24, 2.45) is 0 Å². The van der Waals surface area contributed by atoms with Crippen molar-refractivity contribution in [2.45, 2.75) is 28.6 Å². The number of benzene rings is 3. The number of rotatable bonds is 9. The van der Waals surface area contributed by atoms with Crippen molar-refractivity contribution in [3.63, 3.8) is 0 Å². The van der Waals surface area contributed by atoms with Crippen molar-refractivity contribution in [3.8, 4) is 16.9 Å². The summed E-state index contributed by atoms with van der Waals surface area (Å²) in [6, 6.07) is 23.1. The lowest BCUT2D eigenvalue weighted by atomic mass is 9.94. The van der Waals surface area contributed by atoms with Crippen molar-refractivity contribution in [2.75, 3.05) is 7.11 Å². The Labute approximate surface area is 179 Å². The Hall–Kier alpha value is -3.25. The molecule has 2 N–H and O–H groups in total. The van der Waals surface area contributed by atoms with Crippen LogP contribution >= 0.6 is 11.8 Å². The standard InChI is InChI=1S/C24H22O5S/c1-29-18-10-6-16(7-11-18)17-8-12-19(13-9-17)30-22-5-3-2-4-20(22)21(24(27)28)14-15-23(25)26/h2-13,21H,14-15H2,1H3,(H,25,26)(H,27,28)/t21-/m0/s1. The van der Waals surface area contributed by atoms with E-state index in [9.17, 15) is 14.7 Å². The van der Waals surface area contributed by atoms with Gasteiger partial charge in [0.2, 0.25) is 0 Å². The number of hydrogen-bond donors (Lipinski definition) is 2. The lowest BCUT2D eigenvalue weighted by Crippen LogP contribution is -2.14. The maximum absolute atomic E-state index is 11.8. The molecule has 0 spiro atoms. The van der Waals surface area contributed by atoms with Crippen LogP contribution in [0.2, 0.25) is 0 Å². The third-order valence-electron chi connectivity index (χ3n) is 4.74. The molecular formula is C24H22O5S. The molecule has 0 bridgehead atoms. The van der Waals surface area contributed by atoms with Gasteiger partial charge in [-0.2, -0.15) is 0 Å². The monoisotopic (exact) mass is 422 g/mol. The summed E-state index contributed by atoms with van der Waals surface area (Å²) in [6.07, 6.45) is -0.134. The van der Waals surface area contributed by atoms with Crippen LogP contribution in [0.25, 0.3) is 11.1 Å². The Morgan fingerprint density at radius 1 is 0.900 bits per heavy atom. The Balaban J connectivity index is 1.80. The lowest BCUT2D eigenvalue weighted by Gasteiger charge is -2.16. The summed E-state index contributed by atoms with van der Waals surface area (Å²) in [5.41, 5.74) is 2.78. The van der Waals surface area contributed by atoms with Gasteiger partial charge in [0.15, 0.2) is 0 Å². The van der Waals surface area contributed by atoms with E-state index in [4.69, 9.17) is 9.84 Å². The fraction of sp³-hybridized carbons (Fsp3) is 0.167. The minimum Gasteiger partial charge on any atom is -0.497 e. The number of carboxylic acids is 2. The average molecular weight is 423 g/mol. The zero-order valence-corrected chi connectivity index (χ0v) is 17.3. The number of carboxylic acid groups (broad SMARTS) is 2. The summed E-state index contributed by atoms with van der Waals surface area (Å²) in [4.78, 5) is 24.5. The zero-order chi connectivity index (χ0) is 21.5. The second-order valence-electron chi connectivity index (χ2n) is 6.72. The van der Waals surface area contributed by atoms with Gasteiger partial charge in [-0.25, -0.2) is 0 Å². The minimum absolute atomic E-state index is 0.0542. The second kappa shape index (κ2) is 9.98. The number of ether oxygens (including phenoxy) is 1. The van der Waals surface area contributed by atoms with Gasteiger partial charge in [0, 0.05) is 16.2 Å². The molecule has 3 rings (SSSR count). The van der Waals surface area contributed by atoms with Gasteiger partial charge >= 0.3 is 11.9 Å².